The van der Waals surface area contributed by atoms with Gasteiger partial charge in [0.25, 0.3) is 0 Å². The van der Waals surface area contributed by atoms with Gasteiger partial charge in [0.05, 0.1) is 12.1 Å². The van der Waals surface area contributed by atoms with Gasteiger partial charge in [-0.3, -0.25) is 19.4 Å². The number of amides is 3. The Balaban J connectivity index is 5.53. The first-order chi connectivity index (χ1) is 15.9. The Morgan fingerprint density at radius 2 is 1.47 bits per heavy atom. The molecule has 15 heteroatoms. The molecule has 14 nitrogen and oxygen atoms in total. The Hall–Kier alpha value is -2.62. The molecule has 0 spiro atoms. The van der Waals surface area contributed by atoms with E-state index in [4.69, 9.17) is 22.9 Å². The zero-order valence-corrected chi connectivity index (χ0v) is 20.2. The van der Waals surface area contributed by atoms with Gasteiger partial charge in [0.2, 0.25) is 17.7 Å². The predicted molar refractivity (Wildman–Crippen MR) is 130 cm³/mol. The lowest BCUT2D eigenvalue weighted by Gasteiger charge is -2.25. The average Bonchev–Trinajstić information content (AvgIpc) is 2.77. The second kappa shape index (κ2) is 16.9. The van der Waals surface area contributed by atoms with Crippen molar-refractivity contribution in [3.8, 4) is 0 Å². The Morgan fingerprint density at radius 3 is 1.94 bits per heavy atom. The molecule has 0 heterocycles. The fourth-order valence-corrected chi connectivity index (χ4v) is 2.98. The lowest BCUT2D eigenvalue weighted by atomic mass is 10.0. The van der Waals surface area contributed by atoms with Gasteiger partial charge < -0.3 is 49.1 Å². The maximum absolute atomic E-state index is 13.0. The number of nitrogens with one attached hydrogen (secondary N) is 3. The Bertz CT molecular complexity index is 704. The number of aliphatic hydroxyl groups is 1. The number of carbonyl (C=O) groups excluding carboxylic acids is 3. The third-order valence-electron chi connectivity index (χ3n) is 4.74. The second-order valence-corrected chi connectivity index (χ2v) is 8.07. The molecule has 0 aromatic rings. The molecule has 3 amide bonds. The van der Waals surface area contributed by atoms with Crippen LogP contribution in [0.1, 0.15) is 39.0 Å². The molecule has 0 bridgehead atoms. The fraction of sp³-hybridized carbons (Fsp3) is 0.737. The quantitative estimate of drug-likeness (QED) is 0.0400. The van der Waals surface area contributed by atoms with Crippen molar-refractivity contribution in [3.05, 3.63) is 0 Å². The number of nitrogens with two attached hydrogens (primary N) is 4. The number of guanidine groups is 1. The maximum Gasteiger partial charge on any atom is 0.328 e. The molecular weight excluding hydrogens is 468 g/mol. The van der Waals surface area contributed by atoms with Crippen LogP contribution in [0.2, 0.25) is 0 Å². The van der Waals surface area contributed by atoms with Crippen LogP contribution in [0.25, 0.3) is 0 Å². The van der Waals surface area contributed by atoms with Gasteiger partial charge in [-0.25, -0.2) is 4.79 Å². The normalized spacial score (nSPS) is 15.2. The van der Waals surface area contributed by atoms with Gasteiger partial charge in [-0.05, 0) is 45.6 Å². The van der Waals surface area contributed by atoms with E-state index in [-0.39, 0.29) is 31.1 Å². The number of unbranched alkanes of at least 4 members (excludes halogenated alkanes) is 1. The zero-order valence-electron chi connectivity index (χ0n) is 19.3. The fourth-order valence-electron chi connectivity index (χ4n) is 2.81. The monoisotopic (exact) mass is 506 g/mol. The van der Waals surface area contributed by atoms with Crippen molar-refractivity contribution in [1.82, 2.24) is 16.0 Å². The largest absolute Gasteiger partial charge is 0.480 e. The average molecular weight is 507 g/mol. The van der Waals surface area contributed by atoms with E-state index in [0.29, 0.717) is 25.8 Å². The molecular formula is C19H38N8O6S. The molecule has 13 N–H and O–H groups in total. The van der Waals surface area contributed by atoms with E-state index < -0.39 is 54.0 Å². The summed E-state index contributed by atoms with van der Waals surface area (Å²) in [6.07, 6.45) is 0.287. The van der Waals surface area contributed by atoms with Crippen LogP contribution >= 0.6 is 12.6 Å². The number of thiol groups is 1. The van der Waals surface area contributed by atoms with Crippen molar-refractivity contribution in [2.45, 2.75) is 69.3 Å². The molecule has 5 atom stereocenters. The van der Waals surface area contributed by atoms with Gasteiger partial charge in [-0.15, -0.1) is 0 Å². The van der Waals surface area contributed by atoms with Crippen molar-refractivity contribution in [2.24, 2.45) is 27.9 Å². The third kappa shape index (κ3) is 12.6. The molecule has 0 aliphatic heterocycles. The van der Waals surface area contributed by atoms with E-state index in [9.17, 15) is 29.4 Å². The van der Waals surface area contributed by atoms with E-state index in [0.717, 1.165) is 0 Å². The van der Waals surface area contributed by atoms with Crippen molar-refractivity contribution in [2.75, 3.05) is 18.8 Å². The topological polar surface area (TPSA) is 261 Å². The minimum absolute atomic E-state index is 0.0498. The highest BCUT2D eigenvalue weighted by atomic mass is 32.1. The first-order valence-corrected chi connectivity index (χ1v) is 11.5. The molecule has 0 saturated heterocycles. The van der Waals surface area contributed by atoms with Crippen LogP contribution in [-0.4, -0.2) is 89.0 Å². The maximum atomic E-state index is 13.0. The summed E-state index contributed by atoms with van der Waals surface area (Å²) >= 11 is 3.97. The number of hydrogen-bond acceptors (Lipinski definition) is 9. The van der Waals surface area contributed by atoms with Gasteiger partial charge in [0, 0.05) is 12.3 Å². The summed E-state index contributed by atoms with van der Waals surface area (Å²) in [5.41, 5.74) is 21.7. The smallest absolute Gasteiger partial charge is 0.328 e. The van der Waals surface area contributed by atoms with Crippen molar-refractivity contribution < 1.29 is 29.4 Å². The molecule has 0 radical (unpaired) electrons. The summed E-state index contributed by atoms with van der Waals surface area (Å²) in [7, 11) is 0. The summed E-state index contributed by atoms with van der Waals surface area (Å²) < 4.78 is 0. The summed E-state index contributed by atoms with van der Waals surface area (Å²) in [5, 5.41) is 26.1. The van der Waals surface area contributed by atoms with Crippen LogP contribution in [0.15, 0.2) is 4.99 Å². The lowest BCUT2D eigenvalue weighted by molar-refractivity contribution is -0.145. The molecule has 34 heavy (non-hydrogen) atoms. The molecule has 0 aromatic heterocycles. The number of carboxylic acids is 1. The molecule has 196 valence electrons. The number of carboxylic acid groups (broad SMARTS) is 1. The Morgan fingerprint density at radius 1 is 0.941 bits per heavy atom. The summed E-state index contributed by atoms with van der Waals surface area (Å²) in [6.45, 7) is 1.78. The standard InChI is InChI=1S/C19H38N8O6S/c1-10(28)14(18(32)33)27-17(31)12(5-2-3-7-20)26-16(30)13(6-4-8-24-19(22)23)25-15(29)11(21)9-34/h10-14,28,34H,2-9,20-21H2,1H3,(H,25,29)(H,26,30)(H,27,31)(H,32,33)(H4,22,23,24). The van der Waals surface area contributed by atoms with Crippen LogP contribution in [-0.2, 0) is 19.2 Å². The zero-order chi connectivity index (χ0) is 26.3. The van der Waals surface area contributed by atoms with Crippen molar-refractivity contribution in [1.29, 1.82) is 0 Å². The summed E-state index contributed by atoms with van der Waals surface area (Å²) in [5.74, 6) is -3.58. The first-order valence-electron chi connectivity index (χ1n) is 10.9. The molecule has 0 rings (SSSR count). The highest BCUT2D eigenvalue weighted by Gasteiger charge is 2.31. The summed E-state index contributed by atoms with van der Waals surface area (Å²) in [4.78, 5) is 53.1. The Kier molecular flexibility index (Phi) is 15.6. The van der Waals surface area contributed by atoms with Crippen LogP contribution in [0, 0.1) is 0 Å². The first kappa shape index (κ1) is 31.4. The lowest BCUT2D eigenvalue weighted by Crippen LogP contribution is -2.58. The van der Waals surface area contributed by atoms with Gasteiger partial charge in [0.1, 0.15) is 12.1 Å². The SMILES string of the molecule is CC(O)C(NC(=O)C(CCCCN)NC(=O)C(CCCN=C(N)N)NC(=O)C(N)CS)C(=O)O. The highest BCUT2D eigenvalue weighted by Crippen LogP contribution is 2.06. The minimum Gasteiger partial charge on any atom is -0.480 e. The predicted octanol–water partition coefficient (Wildman–Crippen LogP) is -3.65. The Labute approximate surface area is 204 Å². The minimum atomic E-state index is -1.56. The number of aliphatic hydroxyl groups excluding tert-OH is 1. The van der Waals surface area contributed by atoms with Crippen molar-refractivity contribution >= 4 is 42.3 Å². The molecule has 0 saturated carbocycles. The van der Waals surface area contributed by atoms with Gasteiger partial charge >= 0.3 is 5.97 Å². The number of rotatable bonds is 17. The van der Waals surface area contributed by atoms with E-state index in [2.05, 4.69) is 33.6 Å². The van der Waals surface area contributed by atoms with E-state index in [1.54, 1.807) is 0 Å². The second-order valence-electron chi connectivity index (χ2n) is 7.71. The number of aliphatic imine (C=N–C) groups is 1. The van der Waals surface area contributed by atoms with E-state index in [1.165, 1.54) is 6.92 Å². The molecule has 0 aliphatic carbocycles. The highest BCUT2D eigenvalue weighted by molar-refractivity contribution is 7.80. The van der Waals surface area contributed by atoms with Crippen LogP contribution < -0.4 is 38.9 Å². The molecule has 0 aromatic carbocycles. The third-order valence-corrected chi connectivity index (χ3v) is 5.13. The number of aliphatic carboxylic acids is 1. The van der Waals surface area contributed by atoms with E-state index in [1.807, 2.05) is 0 Å². The van der Waals surface area contributed by atoms with E-state index >= 15 is 0 Å². The van der Waals surface area contributed by atoms with Crippen molar-refractivity contribution in [3.63, 3.8) is 0 Å². The molecule has 0 aliphatic rings. The van der Waals surface area contributed by atoms with Gasteiger partial charge in [-0.1, -0.05) is 0 Å². The van der Waals surface area contributed by atoms with Gasteiger partial charge in [0.15, 0.2) is 12.0 Å². The summed E-state index contributed by atoms with van der Waals surface area (Å²) in [6, 6.07) is -4.72. The number of carbonyl (C=O) groups is 4. The number of hydrogen-bond donors (Lipinski definition) is 10. The number of nitrogens with zero attached hydrogens (tertiary/aromatic N) is 1. The van der Waals surface area contributed by atoms with Crippen LogP contribution in [0.3, 0.4) is 0 Å². The van der Waals surface area contributed by atoms with Crippen LogP contribution in [0.5, 0.6) is 0 Å². The molecule has 0 fully saturated rings. The van der Waals surface area contributed by atoms with Crippen LogP contribution in [0.4, 0.5) is 0 Å². The molecule has 5 unspecified atom stereocenters. The van der Waals surface area contributed by atoms with Gasteiger partial charge in [-0.2, -0.15) is 12.6 Å².